The molecule has 3 rings (SSSR count). The number of ether oxygens (including phenoxy) is 1. The van der Waals surface area contributed by atoms with Crippen molar-refractivity contribution in [1.29, 1.82) is 0 Å². The number of nitrogens with one attached hydrogen (secondary N) is 1. The standard InChI is InChI=1S/C16H12BrClN2O2S/c1-2-22-13-6-3-9(17)7-11(13)15(21)20-16-19-12-5-4-10(18)8-14(12)23-16/h3-8H,2H2,1H3,(H,19,20,21). The van der Waals surface area contributed by atoms with E-state index in [1.165, 1.54) is 11.3 Å². The van der Waals surface area contributed by atoms with E-state index < -0.39 is 0 Å². The molecule has 0 bridgehead atoms. The minimum absolute atomic E-state index is 0.264. The Morgan fingerprint density at radius 1 is 1.35 bits per heavy atom. The zero-order chi connectivity index (χ0) is 16.4. The fourth-order valence-corrected chi connectivity index (χ4v) is 3.58. The number of hydrogen-bond donors (Lipinski definition) is 1. The van der Waals surface area contributed by atoms with Crippen molar-refractivity contribution in [3.8, 4) is 5.75 Å². The molecule has 0 fully saturated rings. The number of hydrogen-bond acceptors (Lipinski definition) is 4. The van der Waals surface area contributed by atoms with Gasteiger partial charge in [0.15, 0.2) is 5.13 Å². The summed E-state index contributed by atoms with van der Waals surface area (Å²) in [6.07, 6.45) is 0. The Kier molecular flexibility index (Phi) is 4.84. The van der Waals surface area contributed by atoms with E-state index in [9.17, 15) is 4.79 Å². The average molecular weight is 412 g/mol. The smallest absolute Gasteiger partial charge is 0.261 e. The first kappa shape index (κ1) is 16.2. The van der Waals surface area contributed by atoms with Crippen LogP contribution < -0.4 is 10.1 Å². The van der Waals surface area contributed by atoms with Crippen LogP contribution >= 0.6 is 38.9 Å². The van der Waals surface area contributed by atoms with Gasteiger partial charge in [-0.25, -0.2) is 4.98 Å². The summed E-state index contributed by atoms with van der Waals surface area (Å²) in [6, 6.07) is 10.8. The molecule has 2 aromatic carbocycles. The first-order chi connectivity index (χ1) is 11.1. The first-order valence-electron chi connectivity index (χ1n) is 6.86. The van der Waals surface area contributed by atoms with Crippen molar-refractivity contribution in [1.82, 2.24) is 4.98 Å². The third-order valence-electron chi connectivity index (χ3n) is 3.06. The molecule has 7 heteroatoms. The molecule has 0 radical (unpaired) electrons. The minimum atomic E-state index is -0.264. The lowest BCUT2D eigenvalue weighted by atomic mass is 10.2. The molecule has 1 aromatic heterocycles. The molecule has 3 aromatic rings. The number of anilines is 1. The fourth-order valence-electron chi connectivity index (χ4n) is 2.08. The second-order valence-corrected chi connectivity index (χ2v) is 7.04. The Hall–Kier alpha value is -1.63. The average Bonchev–Trinajstić information content (AvgIpc) is 2.90. The molecule has 0 aliphatic rings. The third-order valence-corrected chi connectivity index (χ3v) is 4.72. The lowest BCUT2D eigenvalue weighted by Crippen LogP contribution is -2.13. The van der Waals surface area contributed by atoms with Gasteiger partial charge >= 0.3 is 0 Å². The van der Waals surface area contributed by atoms with E-state index in [2.05, 4.69) is 26.2 Å². The van der Waals surface area contributed by atoms with Gasteiger partial charge in [0.2, 0.25) is 0 Å². The topological polar surface area (TPSA) is 51.2 Å². The quantitative estimate of drug-likeness (QED) is 0.628. The van der Waals surface area contributed by atoms with E-state index in [1.807, 2.05) is 25.1 Å². The summed E-state index contributed by atoms with van der Waals surface area (Å²) in [7, 11) is 0. The van der Waals surface area contributed by atoms with Crippen LogP contribution in [0.1, 0.15) is 17.3 Å². The molecule has 0 atom stereocenters. The predicted molar refractivity (Wildman–Crippen MR) is 97.9 cm³/mol. The molecular formula is C16H12BrClN2O2S. The van der Waals surface area contributed by atoms with Gasteiger partial charge in [-0.15, -0.1) is 0 Å². The van der Waals surface area contributed by atoms with Gasteiger partial charge in [-0.2, -0.15) is 0 Å². The normalized spacial score (nSPS) is 10.7. The molecule has 0 unspecified atom stereocenters. The molecule has 1 N–H and O–H groups in total. The van der Waals surface area contributed by atoms with Gasteiger partial charge in [-0.1, -0.05) is 38.9 Å². The Labute approximate surface area is 150 Å². The second-order valence-electron chi connectivity index (χ2n) is 4.66. The van der Waals surface area contributed by atoms with Crippen LogP contribution in [0.25, 0.3) is 10.2 Å². The largest absolute Gasteiger partial charge is 0.493 e. The van der Waals surface area contributed by atoms with Crippen molar-refractivity contribution in [3.05, 3.63) is 51.5 Å². The monoisotopic (exact) mass is 410 g/mol. The van der Waals surface area contributed by atoms with Gasteiger partial charge in [-0.3, -0.25) is 10.1 Å². The van der Waals surface area contributed by atoms with Crippen LogP contribution in [0.2, 0.25) is 5.02 Å². The molecule has 23 heavy (non-hydrogen) atoms. The first-order valence-corrected chi connectivity index (χ1v) is 8.85. The number of halogens is 2. The van der Waals surface area contributed by atoms with E-state index in [0.717, 1.165) is 14.7 Å². The van der Waals surface area contributed by atoms with E-state index in [1.54, 1.807) is 18.2 Å². The van der Waals surface area contributed by atoms with Crippen molar-refractivity contribution in [2.24, 2.45) is 0 Å². The highest BCUT2D eigenvalue weighted by Crippen LogP contribution is 2.30. The van der Waals surface area contributed by atoms with Gasteiger partial charge in [0.05, 0.1) is 22.4 Å². The van der Waals surface area contributed by atoms with Crippen molar-refractivity contribution < 1.29 is 9.53 Å². The Morgan fingerprint density at radius 3 is 2.96 bits per heavy atom. The molecule has 0 aliphatic carbocycles. The van der Waals surface area contributed by atoms with Crippen LogP contribution in [0.15, 0.2) is 40.9 Å². The molecular weight excluding hydrogens is 400 g/mol. The Balaban J connectivity index is 1.89. The zero-order valence-corrected chi connectivity index (χ0v) is 15.3. The maximum Gasteiger partial charge on any atom is 0.261 e. The highest BCUT2D eigenvalue weighted by molar-refractivity contribution is 9.10. The SMILES string of the molecule is CCOc1ccc(Br)cc1C(=O)Nc1nc2ccc(Cl)cc2s1. The molecule has 0 spiro atoms. The van der Waals surface area contributed by atoms with E-state index in [-0.39, 0.29) is 5.91 Å². The van der Waals surface area contributed by atoms with Crippen molar-refractivity contribution in [2.75, 3.05) is 11.9 Å². The lowest BCUT2D eigenvalue weighted by Gasteiger charge is -2.09. The number of benzene rings is 2. The van der Waals surface area contributed by atoms with Gasteiger partial charge in [-0.05, 0) is 43.3 Å². The summed E-state index contributed by atoms with van der Waals surface area (Å²) in [5.41, 5.74) is 1.26. The van der Waals surface area contributed by atoms with Gasteiger partial charge < -0.3 is 4.74 Å². The Morgan fingerprint density at radius 2 is 2.17 bits per heavy atom. The van der Waals surface area contributed by atoms with Gasteiger partial charge in [0, 0.05) is 9.50 Å². The van der Waals surface area contributed by atoms with Crippen LogP contribution in [0.5, 0.6) is 5.75 Å². The maximum absolute atomic E-state index is 12.5. The number of fused-ring (bicyclic) bond motifs is 1. The molecule has 0 saturated heterocycles. The van der Waals surface area contributed by atoms with Crippen LogP contribution in [0.3, 0.4) is 0 Å². The summed E-state index contributed by atoms with van der Waals surface area (Å²) in [6.45, 7) is 2.36. The van der Waals surface area contributed by atoms with Crippen molar-refractivity contribution >= 4 is 60.1 Å². The number of amides is 1. The molecule has 0 saturated carbocycles. The molecule has 1 heterocycles. The van der Waals surface area contributed by atoms with Crippen LogP contribution in [0.4, 0.5) is 5.13 Å². The second kappa shape index (κ2) is 6.86. The Bertz CT molecular complexity index is 882. The zero-order valence-electron chi connectivity index (χ0n) is 12.1. The van der Waals surface area contributed by atoms with Crippen LogP contribution in [0, 0.1) is 0 Å². The van der Waals surface area contributed by atoms with Crippen molar-refractivity contribution in [2.45, 2.75) is 6.92 Å². The molecule has 0 aliphatic heterocycles. The van der Waals surface area contributed by atoms with Gasteiger partial charge in [0.25, 0.3) is 5.91 Å². The highest BCUT2D eigenvalue weighted by atomic mass is 79.9. The number of carbonyl (C=O) groups is 1. The lowest BCUT2D eigenvalue weighted by molar-refractivity contribution is 0.102. The maximum atomic E-state index is 12.5. The van der Waals surface area contributed by atoms with Crippen molar-refractivity contribution in [3.63, 3.8) is 0 Å². The fraction of sp³-hybridized carbons (Fsp3) is 0.125. The number of aromatic nitrogens is 1. The summed E-state index contributed by atoms with van der Waals surface area (Å²) < 4.78 is 7.24. The summed E-state index contributed by atoms with van der Waals surface area (Å²) in [4.78, 5) is 16.9. The van der Waals surface area contributed by atoms with E-state index >= 15 is 0 Å². The summed E-state index contributed by atoms with van der Waals surface area (Å²) in [5.74, 6) is 0.275. The molecule has 118 valence electrons. The van der Waals surface area contributed by atoms with E-state index in [4.69, 9.17) is 16.3 Å². The number of nitrogens with zero attached hydrogens (tertiary/aromatic N) is 1. The minimum Gasteiger partial charge on any atom is -0.493 e. The van der Waals surface area contributed by atoms with Crippen LogP contribution in [-0.4, -0.2) is 17.5 Å². The van der Waals surface area contributed by atoms with Gasteiger partial charge in [0.1, 0.15) is 5.75 Å². The summed E-state index contributed by atoms with van der Waals surface area (Å²) in [5, 5.41) is 3.98. The van der Waals surface area contributed by atoms with E-state index in [0.29, 0.717) is 28.1 Å². The highest BCUT2D eigenvalue weighted by Gasteiger charge is 2.15. The number of carbonyl (C=O) groups excluding carboxylic acids is 1. The number of thiazole rings is 1. The van der Waals surface area contributed by atoms with Crippen LogP contribution in [-0.2, 0) is 0 Å². The summed E-state index contributed by atoms with van der Waals surface area (Å²) >= 11 is 10.7. The molecule has 1 amide bonds. The third kappa shape index (κ3) is 3.65. The predicted octanol–water partition coefficient (Wildman–Crippen LogP) is 5.36. The molecule has 4 nitrogen and oxygen atoms in total. The number of rotatable bonds is 4.